The third kappa shape index (κ3) is 2.68. The molecule has 2 aromatic rings. The molecule has 0 spiro atoms. The molecular weight excluding hydrogens is 254 g/mol. The smallest absolute Gasteiger partial charge is 0.247 e. The molecule has 1 aliphatic heterocycles. The van der Waals surface area contributed by atoms with Crippen LogP contribution in [0.15, 0.2) is 36.7 Å². The molecule has 6 nitrogen and oxygen atoms in total. The first-order chi connectivity index (χ1) is 9.84. The molecule has 1 saturated heterocycles. The maximum atomic E-state index is 12.7. The number of amides is 1. The van der Waals surface area contributed by atoms with Crippen molar-refractivity contribution in [3.63, 3.8) is 0 Å². The highest BCUT2D eigenvalue weighted by atomic mass is 16.2. The van der Waals surface area contributed by atoms with Crippen LogP contribution in [-0.2, 0) is 11.2 Å². The first kappa shape index (κ1) is 12.8. The van der Waals surface area contributed by atoms with Crippen LogP contribution in [0.2, 0.25) is 0 Å². The van der Waals surface area contributed by atoms with Gasteiger partial charge in [-0.1, -0.05) is 30.3 Å². The second kappa shape index (κ2) is 5.81. The molecule has 1 aromatic heterocycles. The fourth-order valence-electron chi connectivity index (χ4n) is 2.59. The minimum absolute atomic E-state index is 0.110. The van der Waals surface area contributed by atoms with Gasteiger partial charge in [-0.2, -0.15) is 0 Å². The van der Waals surface area contributed by atoms with E-state index in [1.54, 1.807) is 4.68 Å². The number of aromatic nitrogens is 4. The van der Waals surface area contributed by atoms with E-state index in [0.29, 0.717) is 6.42 Å². The number of carbonyl (C=O) groups excluding carboxylic acids is 1. The number of tetrazole rings is 1. The molecule has 0 saturated carbocycles. The van der Waals surface area contributed by atoms with Crippen molar-refractivity contribution < 1.29 is 4.79 Å². The summed E-state index contributed by atoms with van der Waals surface area (Å²) in [5.41, 5.74) is 1.11. The average molecular weight is 271 g/mol. The largest absolute Gasteiger partial charge is 0.341 e. The molecule has 20 heavy (non-hydrogen) atoms. The lowest BCUT2D eigenvalue weighted by atomic mass is 10.1. The first-order valence-electron chi connectivity index (χ1n) is 6.90. The monoisotopic (exact) mass is 271 g/mol. The first-order valence-corrected chi connectivity index (χ1v) is 6.90. The molecule has 0 aliphatic carbocycles. The van der Waals surface area contributed by atoms with E-state index in [1.807, 2.05) is 35.2 Å². The Morgan fingerprint density at radius 3 is 2.60 bits per heavy atom. The van der Waals surface area contributed by atoms with Crippen molar-refractivity contribution in [2.45, 2.75) is 25.3 Å². The molecule has 0 unspecified atom stereocenters. The number of rotatable bonds is 4. The molecule has 1 amide bonds. The van der Waals surface area contributed by atoms with E-state index in [-0.39, 0.29) is 11.9 Å². The normalized spacial score (nSPS) is 16.3. The van der Waals surface area contributed by atoms with Crippen molar-refractivity contribution in [2.24, 2.45) is 0 Å². The van der Waals surface area contributed by atoms with E-state index < -0.39 is 0 Å². The zero-order valence-corrected chi connectivity index (χ0v) is 11.2. The van der Waals surface area contributed by atoms with Gasteiger partial charge in [-0.05, 0) is 28.8 Å². The Kier molecular flexibility index (Phi) is 3.71. The predicted octanol–water partition coefficient (Wildman–Crippen LogP) is 1.08. The van der Waals surface area contributed by atoms with Crippen LogP contribution in [0.3, 0.4) is 0 Å². The minimum Gasteiger partial charge on any atom is -0.341 e. The Morgan fingerprint density at radius 2 is 1.95 bits per heavy atom. The summed E-state index contributed by atoms with van der Waals surface area (Å²) >= 11 is 0. The molecule has 104 valence electrons. The molecule has 3 rings (SSSR count). The average Bonchev–Trinajstić information content (AvgIpc) is 3.18. The van der Waals surface area contributed by atoms with Crippen LogP contribution in [0.5, 0.6) is 0 Å². The summed E-state index contributed by atoms with van der Waals surface area (Å²) in [6.45, 7) is 1.68. The molecule has 6 heteroatoms. The third-order valence-electron chi connectivity index (χ3n) is 3.66. The molecule has 0 bridgehead atoms. The Bertz CT molecular complexity index is 548. The molecule has 0 N–H and O–H groups in total. The van der Waals surface area contributed by atoms with E-state index in [9.17, 15) is 4.79 Å². The lowest BCUT2D eigenvalue weighted by molar-refractivity contribution is -0.134. The fraction of sp³-hybridized carbons (Fsp3) is 0.429. The van der Waals surface area contributed by atoms with Crippen LogP contribution in [0.25, 0.3) is 0 Å². The highest BCUT2D eigenvalue weighted by Gasteiger charge is 2.28. The number of hydrogen-bond acceptors (Lipinski definition) is 4. The molecule has 2 heterocycles. The van der Waals surface area contributed by atoms with Gasteiger partial charge < -0.3 is 4.90 Å². The number of nitrogens with zero attached hydrogens (tertiary/aromatic N) is 5. The van der Waals surface area contributed by atoms with Gasteiger partial charge in [0.2, 0.25) is 5.91 Å². The highest BCUT2D eigenvalue weighted by molar-refractivity contribution is 5.80. The summed E-state index contributed by atoms with van der Waals surface area (Å²) in [5, 5.41) is 11.2. The quantitative estimate of drug-likeness (QED) is 0.834. The molecular formula is C14H17N5O. The topological polar surface area (TPSA) is 63.9 Å². The predicted molar refractivity (Wildman–Crippen MR) is 72.8 cm³/mol. The highest BCUT2D eigenvalue weighted by Crippen LogP contribution is 2.19. The van der Waals surface area contributed by atoms with Crippen molar-refractivity contribution in [3.05, 3.63) is 42.2 Å². The summed E-state index contributed by atoms with van der Waals surface area (Å²) in [6, 6.07) is 9.62. The van der Waals surface area contributed by atoms with E-state index in [2.05, 4.69) is 15.5 Å². The van der Waals surface area contributed by atoms with E-state index >= 15 is 0 Å². The SMILES string of the molecule is O=C([C@@H](Cc1ccccc1)n1cnnn1)N1CCCC1. The standard InChI is InChI=1S/C14H17N5O/c20-14(18-8-4-5-9-18)13(19-11-15-16-17-19)10-12-6-2-1-3-7-12/h1-3,6-7,11,13H,4-5,8-10H2/t13-/m1/s1. The van der Waals surface area contributed by atoms with Crippen LogP contribution < -0.4 is 0 Å². The zero-order valence-electron chi connectivity index (χ0n) is 11.2. The Morgan fingerprint density at radius 1 is 1.20 bits per heavy atom. The Balaban J connectivity index is 1.82. The summed E-state index contributed by atoms with van der Waals surface area (Å²) in [6.07, 6.45) is 4.29. The van der Waals surface area contributed by atoms with E-state index in [1.165, 1.54) is 6.33 Å². The lowest BCUT2D eigenvalue weighted by Crippen LogP contribution is -2.36. The number of hydrogen-bond donors (Lipinski definition) is 0. The van der Waals surface area contributed by atoms with Crippen molar-refractivity contribution in [3.8, 4) is 0 Å². The zero-order chi connectivity index (χ0) is 13.8. The third-order valence-corrected chi connectivity index (χ3v) is 3.66. The van der Waals surface area contributed by atoms with Gasteiger partial charge in [0.05, 0.1) is 0 Å². The van der Waals surface area contributed by atoms with Crippen LogP contribution in [0.1, 0.15) is 24.4 Å². The maximum absolute atomic E-state index is 12.7. The van der Waals surface area contributed by atoms with Gasteiger partial charge in [0, 0.05) is 19.5 Å². The number of carbonyl (C=O) groups is 1. The van der Waals surface area contributed by atoms with E-state index in [4.69, 9.17) is 0 Å². The second-order valence-corrected chi connectivity index (χ2v) is 5.03. The summed E-state index contributed by atoms with van der Waals surface area (Å²) in [5.74, 6) is 0.110. The van der Waals surface area contributed by atoms with Crippen LogP contribution in [0, 0.1) is 0 Å². The molecule has 1 fully saturated rings. The van der Waals surface area contributed by atoms with Gasteiger partial charge in [0.15, 0.2) is 0 Å². The van der Waals surface area contributed by atoms with Crippen molar-refractivity contribution in [1.29, 1.82) is 0 Å². The van der Waals surface area contributed by atoms with Gasteiger partial charge in [-0.15, -0.1) is 5.10 Å². The van der Waals surface area contributed by atoms with Gasteiger partial charge >= 0.3 is 0 Å². The van der Waals surface area contributed by atoms with E-state index in [0.717, 1.165) is 31.5 Å². The lowest BCUT2D eigenvalue weighted by Gasteiger charge is -2.22. The fourth-order valence-corrected chi connectivity index (χ4v) is 2.59. The molecule has 0 radical (unpaired) electrons. The van der Waals surface area contributed by atoms with Crippen molar-refractivity contribution in [2.75, 3.05) is 13.1 Å². The Hall–Kier alpha value is -2.24. The van der Waals surface area contributed by atoms with Crippen LogP contribution in [-0.4, -0.2) is 44.1 Å². The van der Waals surface area contributed by atoms with Crippen LogP contribution >= 0.6 is 0 Å². The Labute approximate surface area is 117 Å². The summed E-state index contributed by atoms with van der Waals surface area (Å²) in [4.78, 5) is 14.6. The van der Waals surface area contributed by atoms with Crippen molar-refractivity contribution in [1.82, 2.24) is 25.1 Å². The number of benzene rings is 1. The van der Waals surface area contributed by atoms with Crippen molar-refractivity contribution >= 4 is 5.91 Å². The van der Waals surface area contributed by atoms with Crippen LogP contribution in [0.4, 0.5) is 0 Å². The minimum atomic E-state index is -0.356. The van der Waals surface area contributed by atoms with Gasteiger partial charge in [-0.3, -0.25) is 4.79 Å². The molecule has 1 aliphatic rings. The summed E-state index contributed by atoms with van der Waals surface area (Å²) < 4.78 is 1.56. The maximum Gasteiger partial charge on any atom is 0.247 e. The molecule has 1 aromatic carbocycles. The number of likely N-dealkylation sites (tertiary alicyclic amines) is 1. The van der Waals surface area contributed by atoms with Gasteiger partial charge in [0.1, 0.15) is 12.4 Å². The second-order valence-electron chi connectivity index (χ2n) is 5.03. The van der Waals surface area contributed by atoms with Gasteiger partial charge in [-0.25, -0.2) is 4.68 Å². The summed E-state index contributed by atoms with van der Waals surface area (Å²) in [7, 11) is 0. The van der Waals surface area contributed by atoms with Gasteiger partial charge in [0.25, 0.3) is 0 Å². The molecule has 1 atom stereocenters.